The molecular formula is C16H13N9. The summed E-state index contributed by atoms with van der Waals surface area (Å²) in [7, 11) is 0. The van der Waals surface area contributed by atoms with Crippen molar-refractivity contribution >= 4 is 16.9 Å². The highest BCUT2D eigenvalue weighted by Gasteiger charge is 2.17. The zero-order valence-corrected chi connectivity index (χ0v) is 13.3. The predicted molar refractivity (Wildman–Crippen MR) is 89.7 cm³/mol. The maximum Gasteiger partial charge on any atom is 0.221 e. The molecule has 0 aliphatic rings. The van der Waals surface area contributed by atoms with Gasteiger partial charge in [0.1, 0.15) is 5.65 Å². The lowest BCUT2D eigenvalue weighted by atomic mass is 10.1. The van der Waals surface area contributed by atoms with E-state index in [0.29, 0.717) is 11.3 Å². The van der Waals surface area contributed by atoms with Gasteiger partial charge in [-0.15, -0.1) is 5.10 Å². The first-order valence-corrected chi connectivity index (χ1v) is 7.79. The molecule has 9 nitrogen and oxygen atoms in total. The Bertz CT molecular complexity index is 1170. The molecule has 0 amide bonds. The molecule has 5 aromatic rings. The summed E-state index contributed by atoms with van der Waals surface area (Å²) < 4.78 is 3.76. The standard InChI is InChI=1S/C16H13N9/c1-10(11-2-3-14-17-4-5-24(14)9-11)25-16-15(22-23-25)18-8-13(21-16)12-6-19-20-7-12/h2-10H,1H3,(H,19,20)/t10-/m0/s1. The van der Waals surface area contributed by atoms with Crippen LogP contribution in [0.25, 0.3) is 28.2 Å². The quantitative estimate of drug-likeness (QED) is 0.541. The molecule has 1 atom stereocenters. The lowest BCUT2D eigenvalue weighted by Gasteiger charge is -2.12. The Hall–Kier alpha value is -3.62. The average Bonchev–Trinajstić information content (AvgIpc) is 3.39. The van der Waals surface area contributed by atoms with Crippen LogP contribution in [0.2, 0.25) is 0 Å². The van der Waals surface area contributed by atoms with Crippen molar-refractivity contribution in [3.05, 3.63) is 54.9 Å². The highest BCUT2D eigenvalue weighted by Crippen LogP contribution is 2.22. The number of hydrogen-bond acceptors (Lipinski definition) is 6. The van der Waals surface area contributed by atoms with Gasteiger partial charge in [-0.1, -0.05) is 11.3 Å². The fraction of sp³-hybridized carbons (Fsp3) is 0.125. The van der Waals surface area contributed by atoms with Crippen LogP contribution in [0.1, 0.15) is 18.5 Å². The predicted octanol–water partition coefficient (Wildman–Crippen LogP) is 1.87. The van der Waals surface area contributed by atoms with Gasteiger partial charge in [0.2, 0.25) is 5.65 Å². The molecule has 5 heterocycles. The Morgan fingerprint density at radius 2 is 2.12 bits per heavy atom. The second kappa shape index (κ2) is 5.20. The van der Waals surface area contributed by atoms with Crippen molar-refractivity contribution in [2.45, 2.75) is 13.0 Å². The summed E-state index contributed by atoms with van der Waals surface area (Å²) in [5, 5.41) is 15.1. The first kappa shape index (κ1) is 13.8. The minimum Gasteiger partial charge on any atom is -0.307 e. The molecule has 1 N–H and O–H groups in total. The highest BCUT2D eigenvalue weighted by molar-refractivity contribution is 5.69. The summed E-state index contributed by atoms with van der Waals surface area (Å²) in [6.45, 7) is 2.05. The van der Waals surface area contributed by atoms with Crippen LogP contribution in [0.5, 0.6) is 0 Å². The first-order chi connectivity index (χ1) is 12.3. The van der Waals surface area contributed by atoms with Crippen LogP contribution in [0.3, 0.4) is 0 Å². The third kappa shape index (κ3) is 2.17. The Morgan fingerprint density at radius 3 is 3.00 bits per heavy atom. The number of fused-ring (bicyclic) bond motifs is 2. The molecule has 5 aromatic heterocycles. The summed E-state index contributed by atoms with van der Waals surface area (Å²) in [5.41, 5.74) is 4.73. The molecule has 0 aromatic carbocycles. The van der Waals surface area contributed by atoms with Gasteiger partial charge in [-0.2, -0.15) is 5.10 Å². The zero-order chi connectivity index (χ0) is 16.8. The normalized spacial score (nSPS) is 12.8. The molecule has 0 aliphatic heterocycles. The van der Waals surface area contributed by atoms with Crippen molar-refractivity contribution in [1.82, 2.24) is 44.5 Å². The Morgan fingerprint density at radius 1 is 1.16 bits per heavy atom. The van der Waals surface area contributed by atoms with Crippen molar-refractivity contribution in [3.8, 4) is 11.3 Å². The van der Waals surface area contributed by atoms with Crippen LogP contribution in [0, 0.1) is 0 Å². The number of nitrogens with one attached hydrogen (secondary N) is 1. The van der Waals surface area contributed by atoms with Crippen LogP contribution in [0.4, 0.5) is 0 Å². The van der Waals surface area contributed by atoms with E-state index in [0.717, 1.165) is 22.5 Å². The fourth-order valence-electron chi connectivity index (χ4n) is 2.85. The van der Waals surface area contributed by atoms with Crippen LogP contribution >= 0.6 is 0 Å². The van der Waals surface area contributed by atoms with E-state index in [2.05, 4.69) is 42.4 Å². The Labute approximate surface area is 141 Å². The second-order valence-corrected chi connectivity index (χ2v) is 5.75. The van der Waals surface area contributed by atoms with E-state index in [1.54, 1.807) is 29.5 Å². The van der Waals surface area contributed by atoms with Crippen LogP contribution < -0.4 is 0 Å². The molecule has 0 aliphatic carbocycles. The van der Waals surface area contributed by atoms with Gasteiger partial charge in [-0.3, -0.25) is 5.10 Å². The SMILES string of the molecule is C[C@@H](c1ccc2nccn2c1)n1nnc2ncc(-c3cn[nH]c3)nc21. The van der Waals surface area contributed by atoms with Gasteiger partial charge in [-0.25, -0.2) is 19.6 Å². The second-order valence-electron chi connectivity index (χ2n) is 5.75. The molecule has 0 radical (unpaired) electrons. The van der Waals surface area contributed by atoms with Crippen LogP contribution in [-0.2, 0) is 0 Å². The van der Waals surface area contributed by atoms with Crippen molar-refractivity contribution in [1.29, 1.82) is 0 Å². The van der Waals surface area contributed by atoms with Gasteiger partial charge in [0, 0.05) is 30.4 Å². The van der Waals surface area contributed by atoms with E-state index in [1.807, 2.05) is 28.9 Å². The van der Waals surface area contributed by atoms with Gasteiger partial charge in [0.15, 0.2) is 5.65 Å². The van der Waals surface area contributed by atoms with E-state index < -0.39 is 0 Å². The third-order valence-electron chi connectivity index (χ3n) is 4.24. The zero-order valence-electron chi connectivity index (χ0n) is 13.3. The number of hydrogen-bond donors (Lipinski definition) is 1. The molecule has 25 heavy (non-hydrogen) atoms. The van der Waals surface area contributed by atoms with E-state index in [4.69, 9.17) is 0 Å². The maximum atomic E-state index is 4.67. The van der Waals surface area contributed by atoms with E-state index in [-0.39, 0.29) is 6.04 Å². The molecule has 0 saturated carbocycles. The maximum absolute atomic E-state index is 4.67. The molecule has 0 spiro atoms. The molecular weight excluding hydrogens is 318 g/mol. The summed E-state index contributed by atoms with van der Waals surface area (Å²) >= 11 is 0. The van der Waals surface area contributed by atoms with Gasteiger partial charge in [0.05, 0.1) is 24.1 Å². The summed E-state index contributed by atoms with van der Waals surface area (Å²) in [6.07, 6.45) is 10.9. The molecule has 0 bridgehead atoms. The van der Waals surface area contributed by atoms with Crippen LogP contribution in [-0.4, -0.2) is 44.5 Å². The summed E-state index contributed by atoms with van der Waals surface area (Å²) in [5.74, 6) is 0. The van der Waals surface area contributed by atoms with Gasteiger partial charge in [-0.05, 0) is 18.6 Å². The number of rotatable bonds is 3. The number of H-pyrrole nitrogens is 1. The van der Waals surface area contributed by atoms with Crippen molar-refractivity contribution in [3.63, 3.8) is 0 Å². The molecule has 0 unspecified atom stereocenters. The average molecular weight is 331 g/mol. The van der Waals surface area contributed by atoms with Crippen molar-refractivity contribution in [2.24, 2.45) is 0 Å². The molecule has 0 fully saturated rings. The molecule has 9 heteroatoms. The Balaban J connectivity index is 1.62. The smallest absolute Gasteiger partial charge is 0.221 e. The minimum absolute atomic E-state index is 0.0503. The van der Waals surface area contributed by atoms with E-state index in [9.17, 15) is 0 Å². The lowest BCUT2D eigenvalue weighted by Crippen LogP contribution is -2.10. The molecule has 0 saturated heterocycles. The number of aromatic amines is 1. The number of aromatic nitrogens is 9. The summed E-state index contributed by atoms with van der Waals surface area (Å²) in [4.78, 5) is 13.3. The Kier molecular flexibility index (Phi) is 2.87. The number of nitrogens with zero attached hydrogens (tertiary/aromatic N) is 8. The third-order valence-corrected chi connectivity index (χ3v) is 4.24. The fourth-order valence-corrected chi connectivity index (χ4v) is 2.85. The summed E-state index contributed by atoms with van der Waals surface area (Å²) in [6, 6.07) is 3.97. The molecule has 122 valence electrons. The van der Waals surface area contributed by atoms with Crippen LogP contribution in [0.15, 0.2) is 49.3 Å². The van der Waals surface area contributed by atoms with E-state index in [1.165, 1.54) is 0 Å². The minimum atomic E-state index is -0.0503. The number of pyridine rings is 1. The van der Waals surface area contributed by atoms with Gasteiger partial charge in [0.25, 0.3) is 0 Å². The first-order valence-electron chi connectivity index (χ1n) is 7.79. The topological polar surface area (TPSA) is 102 Å². The van der Waals surface area contributed by atoms with Crippen molar-refractivity contribution in [2.75, 3.05) is 0 Å². The van der Waals surface area contributed by atoms with Gasteiger partial charge < -0.3 is 4.40 Å². The largest absolute Gasteiger partial charge is 0.307 e. The highest BCUT2D eigenvalue weighted by atomic mass is 15.5. The van der Waals surface area contributed by atoms with E-state index >= 15 is 0 Å². The number of imidazole rings is 1. The molecule has 5 rings (SSSR count). The monoisotopic (exact) mass is 331 g/mol. The lowest BCUT2D eigenvalue weighted by molar-refractivity contribution is 0.554. The van der Waals surface area contributed by atoms with Gasteiger partial charge >= 0.3 is 0 Å². The van der Waals surface area contributed by atoms with Crippen molar-refractivity contribution < 1.29 is 0 Å².